The third kappa shape index (κ3) is 5.43. The van der Waals surface area contributed by atoms with E-state index in [1.165, 1.54) is 6.07 Å². The molecule has 0 bridgehead atoms. The first kappa shape index (κ1) is 22.8. The first-order chi connectivity index (χ1) is 14.4. The highest BCUT2D eigenvalue weighted by atomic mass is 35.5. The van der Waals surface area contributed by atoms with Crippen LogP contribution in [0.4, 0.5) is 24.8 Å². The van der Waals surface area contributed by atoms with Crippen molar-refractivity contribution in [1.82, 2.24) is 15.3 Å². The average molecular weight is 456 g/mol. The van der Waals surface area contributed by atoms with Crippen LogP contribution in [0.5, 0.6) is 0 Å². The van der Waals surface area contributed by atoms with E-state index < -0.39 is 11.7 Å². The Bertz CT molecular complexity index is 1010. The van der Waals surface area contributed by atoms with Gasteiger partial charge in [0.1, 0.15) is 11.6 Å². The molecule has 1 aliphatic heterocycles. The Morgan fingerprint density at radius 3 is 2.48 bits per heavy atom. The molecule has 2 amide bonds. The Kier molecular flexibility index (Phi) is 6.40. The number of halogens is 4. The minimum absolute atomic E-state index is 0.102. The van der Waals surface area contributed by atoms with Gasteiger partial charge in [-0.05, 0) is 25.1 Å². The molecule has 31 heavy (non-hydrogen) atoms. The number of hydrogen-bond acceptors (Lipinski definition) is 5. The lowest BCUT2D eigenvalue weighted by atomic mass is 10.1. The fraction of sp³-hybridized carbons (Fsp3) is 0.400. The number of anilines is 2. The van der Waals surface area contributed by atoms with Gasteiger partial charge in [-0.3, -0.25) is 9.59 Å². The summed E-state index contributed by atoms with van der Waals surface area (Å²) in [4.78, 5) is 34.2. The first-order valence-corrected chi connectivity index (χ1v) is 9.90. The largest absolute Gasteiger partial charge is 0.417 e. The molecule has 166 valence electrons. The second kappa shape index (κ2) is 8.70. The van der Waals surface area contributed by atoms with Crippen LogP contribution < -0.4 is 15.5 Å². The summed E-state index contributed by atoms with van der Waals surface area (Å²) in [6, 6.07) is 3.70. The van der Waals surface area contributed by atoms with Gasteiger partial charge in [0.25, 0.3) is 5.91 Å². The molecule has 7 nitrogen and oxygen atoms in total. The quantitative estimate of drug-likeness (QED) is 0.718. The standard InChI is InChI=1S/C20H21ClF3N5O2/c1-10(2)18(30)28-16-5-12(4-11(3)26-16)19(31)27-14-8-29(9-14)17-15(21)6-13(7-25-17)20(22,23)24/h4-7,10,14H,8-9H2,1-3H3,(H,27,31)(H,26,28,30). The smallest absolute Gasteiger partial charge is 0.351 e. The molecule has 0 unspecified atom stereocenters. The molecule has 1 aliphatic rings. The van der Waals surface area contributed by atoms with Crippen molar-refractivity contribution in [2.75, 3.05) is 23.3 Å². The van der Waals surface area contributed by atoms with Crippen LogP contribution in [-0.2, 0) is 11.0 Å². The monoisotopic (exact) mass is 455 g/mol. The number of carbonyl (C=O) groups is 2. The number of alkyl halides is 3. The van der Waals surface area contributed by atoms with E-state index in [1.54, 1.807) is 31.7 Å². The summed E-state index contributed by atoms with van der Waals surface area (Å²) in [7, 11) is 0. The lowest BCUT2D eigenvalue weighted by Crippen LogP contribution is -2.59. The van der Waals surface area contributed by atoms with Crippen LogP contribution >= 0.6 is 11.6 Å². The highest BCUT2D eigenvalue weighted by molar-refractivity contribution is 6.33. The maximum Gasteiger partial charge on any atom is 0.417 e. The van der Waals surface area contributed by atoms with Crippen LogP contribution in [0.2, 0.25) is 5.02 Å². The molecule has 0 radical (unpaired) electrons. The summed E-state index contributed by atoms with van der Waals surface area (Å²) in [5.41, 5.74) is -0.00147. The van der Waals surface area contributed by atoms with Crippen molar-refractivity contribution < 1.29 is 22.8 Å². The van der Waals surface area contributed by atoms with Gasteiger partial charge in [-0.2, -0.15) is 13.2 Å². The normalized spacial score (nSPS) is 14.4. The Labute approximate surface area is 182 Å². The molecule has 2 aromatic heterocycles. The number of rotatable bonds is 5. The number of aromatic nitrogens is 2. The van der Waals surface area contributed by atoms with Crippen LogP contribution in [-0.4, -0.2) is 40.9 Å². The molecule has 1 saturated heterocycles. The molecule has 3 heterocycles. The summed E-state index contributed by atoms with van der Waals surface area (Å²) in [5, 5.41) is 5.41. The predicted molar refractivity (Wildman–Crippen MR) is 110 cm³/mol. The van der Waals surface area contributed by atoms with E-state index in [0.717, 1.165) is 12.3 Å². The van der Waals surface area contributed by atoms with Gasteiger partial charge in [0, 0.05) is 36.5 Å². The summed E-state index contributed by atoms with van der Waals surface area (Å²) in [5.74, 6) is -0.258. The first-order valence-electron chi connectivity index (χ1n) is 9.52. The minimum atomic E-state index is -4.52. The van der Waals surface area contributed by atoms with E-state index >= 15 is 0 Å². The number of nitrogens with one attached hydrogen (secondary N) is 2. The molecular weight excluding hydrogens is 435 g/mol. The number of pyridine rings is 2. The lowest BCUT2D eigenvalue weighted by molar-refractivity contribution is -0.137. The SMILES string of the molecule is Cc1cc(C(=O)NC2CN(c3ncc(C(F)(F)F)cc3Cl)C2)cc(NC(=O)C(C)C)n1. The fourth-order valence-corrected chi connectivity index (χ4v) is 3.25. The van der Waals surface area contributed by atoms with Crippen LogP contribution in [0.15, 0.2) is 24.4 Å². The Balaban J connectivity index is 1.61. The number of carbonyl (C=O) groups excluding carboxylic acids is 2. The van der Waals surface area contributed by atoms with Crippen LogP contribution in [0.25, 0.3) is 0 Å². The Morgan fingerprint density at radius 1 is 1.23 bits per heavy atom. The molecule has 2 aromatic rings. The molecule has 11 heteroatoms. The van der Waals surface area contributed by atoms with Crippen molar-refractivity contribution in [1.29, 1.82) is 0 Å². The van der Waals surface area contributed by atoms with Gasteiger partial charge in [0.05, 0.1) is 16.6 Å². The number of nitrogens with zero attached hydrogens (tertiary/aromatic N) is 3. The van der Waals surface area contributed by atoms with E-state index in [1.807, 2.05) is 0 Å². The van der Waals surface area contributed by atoms with Gasteiger partial charge in [-0.25, -0.2) is 9.97 Å². The predicted octanol–water partition coefficient (Wildman–Crippen LogP) is 3.67. The van der Waals surface area contributed by atoms with Crippen LogP contribution in [0.3, 0.4) is 0 Å². The van der Waals surface area contributed by atoms with Crippen LogP contribution in [0.1, 0.15) is 35.5 Å². The summed E-state index contributed by atoms with van der Waals surface area (Å²) in [6.07, 6.45) is -3.78. The summed E-state index contributed by atoms with van der Waals surface area (Å²) in [6.45, 7) is 5.92. The van der Waals surface area contributed by atoms with E-state index in [-0.39, 0.29) is 34.6 Å². The maximum atomic E-state index is 12.7. The fourth-order valence-electron chi connectivity index (χ4n) is 2.96. The second-order valence-corrected chi connectivity index (χ2v) is 8.04. The van der Waals surface area contributed by atoms with E-state index in [0.29, 0.717) is 30.2 Å². The van der Waals surface area contributed by atoms with Crippen molar-refractivity contribution in [2.45, 2.75) is 33.0 Å². The average Bonchev–Trinajstić information content (AvgIpc) is 2.63. The Hall–Kier alpha value is -2.88. The van der Waals surface area contributed by atoms with Gasteiger partial charge in [-0.1, -0.05) is 25.4 Å². The topological polar surface area (TPSA) is 87.2 Å². The number of amides is 2. The van der Waals surface area contributed by atoms with Gasteiger partial charge >= 0.3 is 6.18 Å². The van der Waals surface area contributed by atoms with E-state index in [9.17, 15) is 22.8 Å². The zero-order valence-corrected chi connectivity index (χ0v) is 17.8. The minimum Gasteiger partial charge on any atom is -0.351 e. The second-order valence-electron chi connectivity index (χ2n) is 7.63. The Morgan fingerprint density at radius 2 is 1.90 bits per heavy atom. The molecule has 0 aromatic carbocycles. The van der Waals surface area contributed by atoms with Gasteiger partial charge in [0.2, 0.25) is 5.91 Å². The molecule has 1 fully saturated rings. The van der Waals surface area contributed by atoms with E-state index in [4.69, 9.17) is 11.6 Å². The lowest BCUT2D eigenvalue weighted by Gasteiger charge is -2.40. The number of aryl methyl sites for hydroxylation is 1. The molecule has 0 saturated carbocycles. The van der Waals surface area contributed by atoms with Crippen molar-refractivity contribution in [3.05, 3.63) is 46.2 Å². The van der Waals surface area contributed by atoms with Gasteiger partial charge in [-0.15, -0.1) is 0 Å². The molecule has 2 N–H and O–H groups in total. The zero-order valence-electron chi connectivity index (χ0n) is 17.0. The zero-order chi connectivity index (χ0) is 22.9. The third-order valence-corrected chi connectivity index (χ3v) is 4.93. The van der Waals surface area contributed by atoms with Crippen molar-refractivity contribution >= 4 is 35.1 Å². The molecular formula is C20H21ClF3N5O2. The van der Waals surface area contributed by atoms with Crippen molar-refractivity contribution in [3.63, 3.8) is 0 Å². The van der Waals surface area contributed by atoms with Crippen molar-refractivity contribution in [3.8, 4) is 0 Å². The van der Waals surface area contributed by atoms with Gasteiger partial charge in [0.15, 0.2) is 0 Å². The summed E-state index contributed by atoms with van der Waals surface area (Å²) < 4.78 is 38.2. The highest BCUT2D eigenvalue weighted by Crippen LogP contribution is 2.34. The molecule has 3 rings (SSSR count). The molecule has 0 spiro atoms. The summed E-state index contributed by atoms with van der Waals surface area (Å²) >= 11 is 5.96. The van der Waals surface area contributed by atoms with Crippen molar-refractivity contribution in [2.24, 2.45) is 5.92 Å². The number of hydrogen-bond donors (Lipinski definition) is 2. The molecule has 0 aliphatic carbocycles. The maximum absolute atomic E-state index is 12.7. The van der Waals surface area contributed by atoms with Crippen LogP contribution in [0, 0.1) is 12.8 Å². The van der Waals surface area contributed by atoms with E-state index in [2.05, 4.69) is 20.6 Å². The molecule has 0 atom stereocenters. The third-order valence-electron chi connectivity index (χ3n) is 4.66. The van der Waals surface area contributed by atoms with Gasteiger partial charge < -0.3 is 15.5 Å². The highest BCUT2D eigenvalue weighted by Gasteiger charge is 2.34.